The van der Waals surface area contributed by atoms with Gasteiger partial charge in [0, 0.05) is 16.1 Å². The van der Waals surface area contributed by atoms with Crippen LogP contribution in [0, 0.1) is 5.82 Å². The Morgan fingerprint density at radius 2 is 1.90 bits per heavy atom. The van der Waals surface area contributed by atoms with Crippen LogP contribution in [0.15, 0.2) is 36.4 Å². The van der Waals surface area contributed by atoms with E-state index < -0.39 is 0 Å². The van der Waals surface area contributed by atoms with Crippen molar-refractivity contribution in [3.05, 3.63) is 63.4 Å². The highest BCUT2D eigenvalue weighted by molar-refractivity contribution is 7.80. The van der Waals surface area contributed by atoms with E-state index in [-0.39, 0.29) is 17.4 Å². The fourth-order valence-electron chi connectivity index (χ4n) is 1.58. The molecule has 2 aromatic rings. The van der Waals surface area contributed by atoms with Gasteiger partial charge in [-0.25, -0.2) is 4.39 Å². The third-order valence-corrected chi connectivity index (χ3v) is 3.51. The molecule has 20 heavy (non-hydrogen) atoms. The molecule has 2 nitrogen and oxygen atoms in total. The molecule has 2 aromatic carbocycles. The lowest BCUT2D eigenvalue weighted by atomic mass is 10.2. The maximum absolute atomic E-state index is 13.1. The molecule has 0 atom stereocenters. The van der Waals surface area contributed by atoms with Crippen LogP contribution >= 0.6 is 35.4 Å². The lowest BCUT2D eigenvalue weighted by Crippen LogP contribution is -2.09. The molecule has 0 bridgehead atoms. The molecule has 0 spiro atoms. The number of thiocarbonyl (C=S) groups is 1. The third-order valence-electron chi connectivity index (χ3n) is 2.61. The van der Waals surface area contributed by atoms with Crippen molar-refractivity contribution in [2.24, 2.45) is 5.73 Å². The predicted molar refractivity (Wildman–Crippen MR) is 83.1 cm³/mol. The third kappa shape index (κ3) is 3.60. The van der Waals surface area contributed by atoms with E-state index in [1.165, 1.54) is 18.2 Å². The summed E-state index contributed by atoms with van der Waals surface area (Å²) in [6.07, 6.45) is 0. The predicted octanol–water partition coefficient (Wildman–Crippen LogP) is 4.35. The van der Waals surface area contributed by atoms with Crippen LogP contribution < -0.4 is 10.5 Å². The Morgan fingerprint density at radius 3 is 2.55 bits per heavy atom. The quantitative estimate of drug-likeness (QED) is 0.847. The Kier molecular flexibility index (Phi) is 4.81. The molecule has 0 amide bonds. The van der Waals surface area contributed by atoms with Crippen molar-refractivity contribution in [3.63, 3.8) is 0 Å². The number of halogens is 3. The van der Waals surface area contributed by atoms with Crippen LogP contribution in [0.1, 0.15) is 11.1 Å². The zero-order chi connectivity index (χ0) is 14.7. The largest absolute Gasteiger partial charge is 0.487 e. The monoisotopic (exact) mass is 329 g/mol. The summed E-state index contributed by atoms with van der Waals surface area (Å²) >= 11 is 16.9. The summed E-state index contributed by atoms with van der Waals surface area (Å²) in [5.74, 6) is 0.0786. The molecule has 0 saturated heterocycles. The molecule has 0 aliphatic rings. The van der Waals surface area contributed by atoms with Crippen LogP contribution in [0.2, 0.25) is 10.0 Å². The topological polar surface area (TPSA) is 35.2 Å². The molecule has 0 heterocycles. The zero-order valence-electron chi connectivity index (χ0n) is 10.2. The van der Waals surface area contributed by atoms with E-state index in [0.717, 1.165) is 0 Å². The molecule has 0 unspecified atom stereocenters. The molecule has 0 fully saturated rings. The first-order valence-corrected chi connectivity index (χ1v) is 6.80. The molecular weight excluding hydrogens is 320 g/mol. The Hall–Kier alpha value is -1.36. The van der Waals surface area contributed by atoms with Crippen molar-refractivity contribution < 1.29 is 9.13 Å². The van der Waals surface area contributed by atoms with Crippen molar-refractivity contribution in [3.8, 4) is 5.75 Å². The van der Waals surface area contributed by atoms with Gasteiger partial charge in [-0.05, 0) is 36.4 Å². The van der Waals surface area contributed by atoms with E-state index in [2.05, 4.69) is 0 Å². The second-order valence-electron chi connectivity index (χ2n) is 4.03. The van der Waals surface area contributed by atoms with Gasteiger partial charge in [0.05, 0.1) is 5.02 Å². The lowest BCUT2D eigenvalue weighted by Gasteiger charge is -2.10. The van der Waals surface area contributed by atoms with Gasteiger partial charge in [-0.2, -0.15) is 0 Å². The second-order valence-corrected chi connectivity index (χ2v) is 5.29. The summed E-state index contributed by atoms with van der Waals surface area (Å²) in [6, 6.07) is 9.07. The molecule has 6 heteroatoms. The van der Waals surface area contributed by atoms with Gasteiger partial charge in [0.25, 0.3) is 0 Å². The lowest BCUT2D eigenvalue weighted by molar-refractivity contribution is 0.306. The van der Waals surface area contributed by atoms with Crippen LogP contribution in [-0.4, -0.2) is 4.99 Å². The van der Waals surface area contributed by atoms with Crippen LogP contribution in [0.3, 0.4) is 0 Å². The van der Waals surface area contributed by atoms with E-state index in [1.54, 1.807) is 18.2 Å². The zero-order valence-corrected chi connectivity index (χ0v) is 12.5. The van der Waals surface area contributed by atoms with Gasteiger partial charge in [0.1, 0.15) is 23.2 Å². The van der Waals surface area contributed by atoms with Gasteiger partial charge in [-0.15, -0.1) is 0 Å². The highest BCUT2D eigenvalue weighted by Crippen LogP contribution is 2.27. The molecule has 2 rings (SSSR count). The van der Waals surface area contributed by atoms with Crippen molar-refractivity contribution in [1.82, 2.24) is 0 Å². The second kappa shape index (κ2) is 6.39. The van der Waals surface area contributed by atoms with Crippen LogP contribution in [0.4, 0.5) is 4.39 Å². The van der Waals surface area contributed by atoms with E-state index in [4.69, 9.17) is 45.9 Å². The van der Waals surface area contributed by atoms with Gasteiger partial charge in [-0.1, -0.05) is 35.4 Å². The number of nitrogens with two attached hydrogens (primary N) is 1. The number of hydrogen-bond acceptors (Lipinski definition) is 2. The summed E-state index contributed by atoms with van der Waals surface area (Å²) in [5.41, 5.74) is 6.70. The number of rotatable bonds is 4. The minimum absolute atomic E-state index is 0.114. The highest BCUT2D eigenvalue weighted by atomic mass is 35.5. The van der Waals surface area contributed by atoms with E-state index in [0.29, 0.717) is 26.9 Å². The molecule has 104 valence electrons. The van der Waals surface area contributed by atoms with Crippen molar-refractivity contribution in [2.45, 2.75) is 6.61 Å². The Morgan fingerprint density at radius 1 is 1.15 bits per heavy atom. The normalized spacial score (nSPS) is 10.3. The minimum Gasteiger partial charge on any atom is -0.487 e. The smallest absolute Gasteiger partial charge is 0.138 e. The average Bonchev–Trinajstić information content (AvgIpc) is 2.40. The molecule has 0 saturated carbocycles. The average molecular weight is 330 g/mol. The van der Waals surface area contributed by atoms with Gasteiger partial charge in [0.15, 0.2) is 0 Å². The van der Waals surface area contributed by atoms with Crippen molar-refractivity contribution >= 4 is 40.4 Å². The molecule has 2 N–H and O–H groups in total. The van der Waals surface area contributed by atoms with Crippen molar-refractivity contribution in [1.29, 1.82) is 0 Å². The first kappa shape index (κ1) is 15.0. The van der Waals surface area contributed by atoms with E-state index in [1.807, 2.05) is 0 Å². The van der Waals surface area contributed by atoms with Crippen LogP contribution in [-0.2, 0) is 6.61 Å². The van der Waals surface area contributed by atoms with Gasteiger partial charge in [0.2, 0.25) is 0 Å². The fourth-order valence-corrected chi connectivity index (χ4v) is 2.11. The summed E-state index contributed by atoms with van der Waals surface area (Å²) in [4.78, 5) is 0.256. The first-order chi connectivity index (χ1) is 9.47. The van der Waals surface area contributed by atoms with Crippen LogP contribution in [0.25, 0.3) is 0 Å². The van der Waals surface area contributed by atoms with Crippen molar-refractivity contribution in [2.75, 3.05) is 0 Å². The molecular formula is C14H10Cl2FNOS. The van der Waals surface area contributed by atoms with E-state index >= 15 is 0 Å². The first-order valence-electron chi connectivity index (χ1n) is 5.63. The molecule has 0 aliphatic heterocycles. The number of ether oxygens (including phenoxy) is 1. The maximum Gasteiger partial charge on any atom is 0.138 e. The number of benzene rings is 2. The van der Waals surface area contributed by atoms with Crippen LogP contribution in [0.5, 0.6) is 5.75 Å². The van der Waals surface area contributed by atoms with E-state index in [9.17, 15) is 4.39 Å². The Bertz CT molecular complexity index is 664. The Balaban J connectivity index is 2.15. The fraction of sp³-hybridized carbons (Fsp3) is 0.0714. The van der Waals surface area contributed by atoms with Gasteiger partial charge in [-0.3, -0.25) is 0 Å². The minimum atomic E-state index is -0.372. The number of hydrogen-bond donors (Lipinski definition) is 1. The summed E-state index contributed by atoms with van der Waals surface area (Å²) in [5, 5.41) is 0.810. The Labute approximate surface area is 131 Å². The summed E-state index contributed by atoms with van der Waals surface area (Å²) in [6.45, 7) is 0.114. The highest BCUT2D eigenvalue weighted by Gasteiger charge is 2.07. The molecule has 0 aromatic heterocycles. The molecule has 0 radical (unpaired) electrons. The standard InChI is InChI=1S/C14H10Cl2FNOS/c15-11-3-2-10(17)5-9(11)7-19-13-4-1-8(14(18)20)6-12(13)16/h1-6H,7H2,(H2,18,20). The molecule has 0 aliphatic carbocycles. The van der Waals surface area contributed by atoms with Gasteiger partial charge < -0.3 is 10.5 Å². The van der Waals surface area contributed by atoms with Gasteiger partial charge >= 0.3 is 0 Å². The maximum atomic E-state index is 13.1. The SMILES string of the molecule is NC(=S)c1ccc(OCc2cc(F)ccc2Cl)c(Cl)c1. The summed E-state index contributed by atoms with van der Waals surface area (Å²) in [7, 11) is 0. The summed E-state index contributed by atoms with van der Waals surface area (Å²) < 4.78 is 18.7.